The molecule has 3 nitrogen and oxygen atoms in total. The molecule has 1 rings (SSSR count). The molecule has 108 valence electrons. The zero-order chi connectivity index (χ0) is 14.7. The Labute approximate surface area is 114 Å². The first-order chi connectivity index (χ1) is 9.17. The predicted octanol–water partition coefficient (Wildman–Crippen LogP) is 3.96. The number of hydrogen-bond acceptors (Lipinski definition) is 3. The fourth-order valence-electron chi connectivity index (χ4n) is 1.43. The van der Waals surface area contributed by atoms with Crippen LogP contribution < -0.4 is 4.74 Å². The summed E-state index contributed by atoms with van der Waals surface area (Å²) in [4.78, 5) is 11.7. The first-order valence-electron chi connectivity index (χ1n) is 6.67. The third-order valence-electron chi connectivity index (χ3n) is 2.38. The lowest BCUT2D eigenvalue weighted by Gasteiger charge is -2.13. The Morgan fingerprint density at radius 1 is 1.37 bits per heavy atom. The van der Waals surface area contributed by atoms with Crippen LogP contribution in [0.3, 0.4) is 0 Å². The zero-order valence-corrected chi connectivity index (χ0v) is 12.1. The molecule has 1 aromatic carbocycles. The molecule has 0 spiro atoms. The van der Waals surface area contributed by atoms with Gasteiger partial charge in [0, 0.05) is 13.2 Å². The molecule has 0 N–H and O–H groups in total. The fraction of sp³-hybridized carbons (Fsp3) is 0.533. The van der Waals surface area contributed by atoms with Gasteiger partial charge in [-0.1, -0.05) is 39.7 Å². The molecule has 4 heteroatoms. The molecular weight excluding hydrogens is 247 g/mol. The predicted molar refractivity (Wildman–Crippen MR) is 73.7 cm³/mol. The largest absolute Gasteiger partial charge is 0.425 e. The van der Waals surface area contributed by atoms with Gasteiger partial charge in [-0.3, -0.25) is 0 Å². The number of halogens is 1. The monoisotopic (exact) mass is 270 g/mol. The van der Waals surface area contributed by atoms with E-state index in [4.69, 9.17) is 9.47 Å². The summed E-state index contributed by atoms with van der Waals surface area (Å²) >= 11 is 0. The van der Waals surface area contributed by atoms with E-state index < -0.39 is 17.9 Å². The van der Waals surface area contributed by atoms with Crippen LogP contribution in [0.4, 0.5) is 4.39 Å². The van der Waals surface area contributed by atoms with Gasteiger partial charge in [-0.05, 0) is 18.6 Å². The van der Waals surface area contributed by atoms with E-state index in [1.54, 1.807) is 0 Å². The molecule has 0 bridgehead atoms. The lowest BCUT2D eigenvalue weighted by Crippen LogP contribution is -2.27. The van der Waals surface area contributed by atoms with E-state index >= 15 is 0 Å². The normalized spacial score (nSPS) is 11.2. The van der Waals surface area contributed by atoms with Gasteiger partial charge in [0.05, 0.1) is 0 Å². The van der Waals surface area contributed by atoms with Gasteiger partial charge in [-0.15, -0.1) is 0 Å². The summed E-state index contributed by atoms with van der Waals surface area (Å²) in [5.74, 6) is -0.710. The summed E-state index contributed by atoms with van der Waals surface area (Å²) in [6.45, 7) is 6.03. The summed E-state index contributed by atoms with van der Waals surface area (Å²) < 4.78 is 23.0. The van der Waals surface area contributed by atoms with Crippen LogP contribution in [0, 0.1) is 5.82 Å². The van der Waals surface area contributed by atoms with Crippen molar-refractivity contribution in [3.63, 3.8) is 0 Å². The second kappa shape index (κ2) is 10.5. The number of benzene rings is 1. The molecule has 0 saturated carbocycles. The van der Waals surface area contributed by atoms with E-state index in [1.807, 2.05) is 20.8 Å². The highest BCUT2D eigenvalue weighted by Crippen LogP contribution is 2.14. The van der Waals surface area contributed by atoms with Gasteiger partial charge in [0.25, 0.3) is 0 Å². The lowest BCUT2D eigenvalue weighted by atomic mass is 10.1. The summed E-state index contributed by atoms with van der Waals surface area (Å²) in [5, 5.41) is 0. The summed E-state index contributed by atoms with van der Waals surface area (Å²) in [6.07, 6.45) is 1.89. The molecule has 19 heavy (non-hydrogen) atoms. The molecular formula is C15H23FO3. The number of carbonyl (C=O) groups is 1. The summed E-state index contributed by atoms with van der Waals surface area (Å²) in [6, 6.07) is 5.49. The minimum absolute atomic E-state index is 0.202. The van der Waals surface area contributed by atoms with Crippen molar-refractivity contribution in [1.29, 1.82) is 0 Å². The Morgan fingerprint density at radius 2 is 2.05 bits per heavy atom. The third-order valence-corrected chi connectivity index (χ3v) is 2.38. The summed E-state index contributed by atoms with van der Waals surface area (Å²) in [5.41, 5.74) is 0. The van der Waals surface area contributed by atoms with E-state index in [1.165, 1.54) is 31.4 Å². The second-order valence-electron chi connectivity index (χ2n) is 3.75. The van der Waals surface area contributed by atoms with Crippen molar-refractivity contribution in [3.05, 3.63) is 30.1 Å². The smallest absolute Gasteiger partial charge is 0.340 e. The molecule has 0 heterocycles. The number of carbonyl (C=O) groups excluding carboxylic acids is 1. The van der Waals surface area contributed by atoms with Crippen LogP contribution in [0.2, 0.25) is 0 Å². The van der Waals surface area contributed by atoms with Crippen molar-refractivity contribution in [1.82, 2.24) is 0 Å². The van der Waals surface area contributed by atoms with Crippen LogP contribution in [0.5, 0.6) is 5.75 Å². The van der Waals surface area contributed by atoms with Crippen LogP contribution in [-0.4, -0.2) is 19.2 Å². The quantitative estimate of drug-likeness (QED) is 0.579. The van der Waals surface area contributed by atoms with Gasteiger partial charge in [-0.25, -0.2) is 9.18 Å². The standard InChI is InChI=1S/C13H17FO3.C2H6/c1-3-4-8-12(16-2)13(15)17-11-7-5-6-10(14)9-11;1-2/h5-7,9,12H,3-4,8H2,1-2H3;1-2H3/t12-;/m0./s1. The molecule has 0 fully saturated rings. The van der Waals surface area contributed by atoms with Crippen LogP contribution >= 0.6 is 0 Å². The Bertz CT molecular complexity index is 366. The Morgan fingerprint density at radius 3 is 2.58 bits per heavy atom. The van der Waals surface area contributed by atoms with Crippen LogP contribution in [0.1, 0.15) is 40.0 Å². The fourth-order valence-corrected chi connectivity index (χ4v) is 1.43. The zero-order valence-electron chi connectivity index (χ0n) is 12.1. The van der Waals surface area contributed by atoms with Crippen molar-refractivity contribution in [3.8, 4) is 5.75 Å². The highest BCUT2D eigenvalue weighted by Gasteiger charge is 2.19. The van der Waals surface area contributed by atoms with Gasteiger partial charge < -0.3 is 9.47 Å². The van der Waals surface area contributed by atoms with Crippen LogP contribution in [0.25, 0.3) is 0 Å². The van der Waals surface area contributed by atoms with Crippen molar-refractivity contribution >= 4 is 5.97 Å². The summed E-state index contributed by atoms with van der Waals surface area (Å²) in [7, 11) is 1.47. The SMILES string of the molecule is CC.CCCC[C@H](OC)C(=O)Oc1cccc(F)c1. The Balaban J connectivity index is 0.00000154. The number of hydrogen-bond donors (Lipinski definition) is 0. The van der Waals surface area contributed by atoms with Crippen molar-refractivity contribution in [2.75, 3.05) is 7.11 Å². The number of rotatable bonds is 6. The topological polar surface area (TPSA) is 35.5 Å². The molecule has 0 unspecified atom stereocenters. The third kappa shape index (κ3) is 6.91. The van der Waals surface area contributed by atoms with E-state index in [2.05, 4.69) is 0 Å². The number of ether oxygens (including phenoxy) is 2. The Kier molecular flexibility index (Phi) is 9.71. The minimum Gasteiger partial charge on any atom is -0.425 e. The molecule has 0 aliphatic rings. The first-order valence-corrected chi connectivity index (χ1v) is 6.67. The molecule has 0 amide bonds. The first kappa shape index (κ1) is 17.6. The van der Waals surface area contributed by atoms with E-state index in [0.717, 1.165) is 12.8 Å². The van der Waals surface area contributed by atoms with Gasteiger partial charge in [-0.2, -0.15) is 0 Å². The molecule has 1 atom stereocenters. The molecule has 1 aromatic rings. The highest BCUT2D eigenvalue weighted by molar-refractivity contribution is 5.77. The van der Waals surface area contributed by atoms with Crippen molar-refractivity contribution < 1.29 is 18.7 Å². The minimum atomic E-state index is -0.585. The molecule has 0 aliphatic carbocycles. The van der Waals surface area contributed by atoms with E-state index in [9.17, 15) is 9.18 Å². The van der Waals surface area contributed by atoms with Gasteiger partial charge >= 0.3 is 5.97 Å². The van der Waals surface area contributed by atoms with Gasteiger partial charge in [0.2, 0.25) is 0 Å². The molecule has 0 aromatic heterocycles. The number of methoxy groups -OCH3 is 1. The molecule has 0 aliphatic heterocycles. The lowest BCUT2D eigenvalue weighted by molar-refractivity contribution is -0.146. The molecule has 0 radical (unpaired) electrons. The van der Waals surface area contributed by atoms with E-state index in [-0.39, 0.29) is 5.75 Å². The average Bonchev–Trinajstić information content (AvgIpc) is 2.42. The maximum atomic E-state index is 12.9. The van der Waals surface area contributed by atoms with Crippen molar-refractivity contribution in [2.24, 2.45) is 0 Å². The number of esters is 1. The maximum absolute atomic E-state index is 12.9. The Hall–Kier alpha value is -1.42. The maximum Gasteiger partial charge on any atom is 0.340 e. The number of unbranched alkanes of at least 4 members (excludes halogenated alkanes) is 1. The van der Waals surface area contributed by atoms with Gasteiger partial charge in [0.15, 0.2) is 6.10 Å². The van der Waals surface area contributed by atoms with Crippen LogP contribution in [-0.2, 0) is 9.53 Å². The second-order valence-corrected chi connectivity index (χ2v) is 3.75. The van der Waals surface area contributed by atoms with E-state index in [0.29, 0.717) is 6.42 Å². The average molecular weight is 270 g/mol. The van der Waals surface area contributed by atoms with Crippen molar-refractivity contribution in [2.45, 2.75) is 46.1 Å². The van der Waals surface area contributed by atoms with Gasteiger partial charge in [0.1, 0.15) is 11.6 Å². The molecule has 0 saturated heterocycles. The highest BCUT2D eigenvalue weighted by atomic mass is 19.1. The van der Waals surface area contributed by atoms with Crippen LogP contribution in [0.15, 0.2) is 24.3 Å².